The summed E-state index contributed by atoms with van der Waals surface area (Å²) in [5.74, 6) is 0.549. The zero-order valence-electron chi connectivity index (χ0n) is 16.7. The second-order valence-electron chi connectivity index (χ2n) is 7.60. The monoisotopic (exact) mass is 417 g/mol. The molecule has 0 bridgehead atoms. The van der Waals surface area contributed by atoms with E-state index in [0.29, 0.717) is 5.92 Å². The Morgan fingerprint density at radius 2 is 1.97 bits per heavy atom. The van der Waals surface area contributed by atoms with Crippen molar-refractivity contribution >= 4 is 16.7 Å². The van der Waals surface area contributed by atoms with Crippen molar-refractivity contribution in [1.29, 1.82) is 0 Å². The molecule has 0 saturated heterocycles. The largest absolute Gasteiger partial charge is 0.364 e. The molecule has 1 aliphatic rings. The second kappa shape index (κ2) is 9.60. The molecule has 0 unspecified atom stereocenters. The van der Waals surface area contributed by atoms with Gasteiger partial charge in [-0.25, -0.2) is 13.9 Å². The average Bonchev–Trinajstić information content (AvgIpc) is 3.14. The highest BCUT2D eigenvalue weighted by Crippen LogP contribution is 2.36. The van der Waals surface area contributed by atoms with Gasteiger partial charge >= 0.3 is 0 Å². The first-order valence-electron chi connectivity index (χ1n) is 9.94. The Kier molecular flexibility index (Phi) is 6.91. The molecule has 3 aromatic rings. The van der Waals surface area contributed by atoms with Gasteiger partial charge in [0, 0.05) is 17.5 Å². The number of amides is 1. The molecule has 0 spiro atoms. The lowest BCUT2D eigenvalue weighted by Gasteiger charge is -2.28. The van der Waals surface area contributed by atoms with Gasteiger partial charge in [-0.3, -0.25) is 14.3 Å². The Morgan fingerprint density at radius 3 is 2.53 bits per heavy atom. The Bertz CT molecular complexity index is 1060. The molecule has 4 rings (SSSR count). The predicted octanol–water partition coefficient (Wildman–Crippen LogP) is 3.46. The molecule has 160 valence electrons. The molecule has 1 amide bonds. The summed E-state index contributed by atoms with van der Waals surface area (Å²) >= 11 is 0. The summed E-state index contributed by atoms with van der Waals surface area (Å²) in [5, 5.41) is 12.2. The zero-order valence-corrected chi connectivity index (χ0v) is 16.7. The molecule has 30 heavy (non-hydrogen) atoms. The van der Waals surface area contributed by atoms with Crippen LogP contribution in [0.1, 0.15) is 54.7 Å². The van der Waals surface area contributed by atoms with E-state index >= 15 is 0 Å². The maximum atomic E-state index is 11.8. The molecule has 7 nitrogen and oxygen atoms in total. The number of aromatic amines is 1. The van der Waals surface area contributed by atoms with Crippen LogP contribution in [0.3, 0.4) is 0 Å². The highest BCUT2D eigenvalue weighted by atomic mass is 19.3. The molecule has 2 aromatic heterocycles. The van der Waals surface area contributed by atoms with Gasteiger partial charge < -0.3 is 5.73 Å². The number of H-pyrrole nitrogens is 1. The molecule has 1 saturated carbocycles. The number of fused-ring (bicyclic) bond motifs is 1. The van der Waals surface area contributed by atoms with Gasteiger partial charge in [-0.05, 0) is 24.5 Å². The van der Waals surface area contributed by atoms with Crippen molar-refractivity contribution < 1.29 is 13.6 Å². The molecule has 1 fully saturated rings. The maximum Gasteiger partial charge on any atom is 0.272 e. The quantitative estimate of drug-likeness (QED) is 0.640. The first-order chi connectivity index (χ1) is 14.3. The lowest BCUT2D eigenvalue weighted by molar-refractivity contribution is 0.0989. The van der Waals surface area contributed by atoms with E-state index in [2.05, 4.69) is 22.2 Å². The number of aromatic nitrogens is 4. The number of nitrogens with zero attached hydrogens (tertiary/aromatic N) is 3. The van der Waals surface area contributed by atoms with Crippen LogP contribution in [0.25, 0.3) is 10.8 Å². The predicted molar refractivity (Wildman–Crippen MR) is 109 cm³/mol. The van der Waals surface area contributed by atoms with Gasteiger partial charge in [-0.2, -0.15) is 10.2 Å². The molecule has 1 aromatic carbocycles. The van der Waals surface area contributed by atoms with Crippen molar-refractivity contribution in [3.63, 3.8) is 0 Å². The summed E-state index contributed by atoms with van der Waals surface area (Å²) in [7, 11) is 0. The van der Waals surface area contributed by atoms with E-state index in [1.54, 1.807) is 0 Å². The van der Waals surface area contributed by atoms with Gasteiger partial charge in [-0.15, -0.1) is 0 Å². The second-order valence-corrected chi connectivity index (χ2v) is 7.60. The number of carbonyl (C=O) groups is 1. The first-order valence-corrected chi connectivity index (χ1v) is 9.94. The first kappa shape index (κ1) is 21.6. The molecule has 0 aliphatic heterocycles. The summed E-state index contributed by atoms with van der Waals surface area (Å²) in [6.45, 7) is 1.69. The van der Waals surface area contributed by atoms with Crippen LogP contribution in [0.4, 0.5) is 8.78 Å². The van der Waals surface area contributed by atoms with Crippen LogP contribution in [-0.4, -0.2) is 32.3 Å². The highest BCUT2D eigenvalue weighted by Gasteiger charge is 2.22. The Morgan fingerprint density at radius 1 is 1.27 bits per heavy atom. The Balaban J connectivity index is 0.000000187. The lowest BCUT2D eigenvalue weighted by Crippen LogP contribution is -2.17. The summed E-state index contributed by atoms with van der Waals surface area (Å²) in [4.78, 5) is 22.2. The van der Waals surface area contributed by atoms with Crippen molar-refractivity contribution in [2.24, 2.45) is 11.7 Å². The maximum absolute atomic E-state index is 11.8. The number of nitrogens with two attached hydrogens (primary N) is 1. The fraction of sp³-hybridized carbons (Fsp3) is 0.429. The minimum Gasteiger partial charge on any atom is -0.364 e. The van der Waals surface area contributed by atoms with Crippen LogP contribution in [0, 0.1) is 5.92 Å². The third-order valence-corrected chi connectivity index (χ3v) is 5.32. The van der Waals surface area contributed by atoms with Crippen LogP contribution >= 0.6 is 0 Å². The van der Waals surface area contributed by atoms with E-state index in [-0.39, 0.29) is 11.3 Å². The van der Waals surface area contributed by atoms with Crippen molar-refractivity contribution in [3.8, 4) is 0 Å². The zero-order chi connectivity index (χ0) is 21.7. The molecule has 0 radical (unpaired) electrons. The standard InChI is InChI=1S/C15H18N2O.C6H7F2N3O/c1-10(9-11-5-4-6-11)14-12-7-2-3-8-13(12)15(18)17-16-14;7-5(8)3-11-2-1-4(10-11)6(9)12/h2-3,7-8,10-11H,4-6,9H2,1H3,(H,17,18);1-2,5H,3H2,(H2,9,12)/t10-;/m0./s1. The molecule has 1 atom stereocenters. The normalized spacial score (nSPS) is 14.8. The number of hydrogen-bond acceptors (Lipinski definition) is 4. The number of carbonyl (C=O) groups excluding carboxylic acids is 1. The highest BCUT2D eigenvalue weighted by molar-refractivity contribution is 5.90. The van der Waals surface area contributed by atoms with Crippen LogP contribution < -0.4 is 11.3 Å². The van der Waals surface area contributed by atoms with E-state index in [1.807, 2.05) is 24.3 Å². The molecular formula is C21H25F2N5O2. The third kappa shape index (κ3) is 5.28. The van der Waals surface area contributed by atoms with E-state index in [1.165, 1.54) is 37.9 Å². The average molecular weight is 417 g/mol. The molecule has 2 heterocycles. The van der Waals surface area contributed by atoms with Crippen LogP contribution in [0.5, 0.6) is 0 Å². The van der Waals surface area contributed by atoms with E-state index in [4.69, 9.17) is 5.73 Å². The van der Waals surface area contributed by atoms with Crippen molar-refractivity contribution in [1.82, 2.24) is 20.0 Å². The van der Waals surface area contributed by atoms with Crippen molar-refractivity contribution in [3.05, 3.63) is 58.3 Å². The van der Waals surface area contributed by atoms with Gasteiger partial charge in [0.2, 0.25) is 0 Å². The number of alkyl halides is 2. The molecule has 3 N–H and O–H groups in total. The SMILES string of the molecule is C[C@@H](CC1CCC1)c1n[nH]c(=O)c2ccccc12.NC(=O)c1ccn(CC(F)F)n1. The van der Waals surface area contributed by atoms with Crippen molar-refractivity contribution in [2.45, 2.75) is 51.5 Å². The fourth-order valence-corrected chi connectivity index (χ4v) is 3.59. The van der Waals surface area contributed by atoms with Gasteiger partial charge in [-0.1, -0.05) is 44.4 Å². The van der Waals surface area contributed by atoms with Crippen molar-refractivity contribution in [2.75, 3.05) is 0 Å². The Hall–Kier alpha value is -3.10. The summed E-state index contributed by atoms with van der Waals surface area (Å²) in [6.07, 6.45) is 4.06. The van der Waals surface area contributed by atoms with Gasteiger partial charge in [0.25, 0.3) is 17.9 Å². The minimum absolute atomic E-state index is 0.00403. The number of primary amides is 1. The van der Waals surface area contributed by atoms with E-state index < -0.39 is 18.9 Å². The topological polar surface area (TPSA) is 107 Å². The van der Waals surface area contributed by atoms with Crippen LogP contribution in [0.15, 0.2) is 41.3 Å². The van der Waals surface area contributed by atoms with Crippen LogP contribution in [-0.2, 0) is 6.54 Å². The number of rotatable bonds is 6. The summed E-state index contributed by atoms with van der Waals surface area (Å²) in [6, 6.07) is 9.05. The molecular weight excluding hydrogens is 392 g/mol. The number of halogens is 2. The summed E-state index contributed by atoms with van der Waals surface area (Å²) in [5.41, 5.74) is 5.80. The number of hydrogen-bond donors (Lipinski definition) is 2. The molecule has 1 aliphatic carbocycles. The third-order valence-electron chi connectivity index (χ3n) is 5.32. The van der Waals surface area contributed by atoms with Gasteiger partial charge in [0.1, 0.15) is 12.2 Å². The number of benzene rings is 1. The smallest absolute Gasteiger partial charge is 0.272 e. The van der Waals surface area contributed by atoms with Gasteiger partial charge in [0.05, 0.1) is 11.1 Å². The summed E-state index contributed by atoms with van der Waals surface area (Å²) < 4.78 is 24.5. The van der Waals surface area contributed by atoms with E-state index in [0.717, 1.165) is 27.1 Å². The van der Waals surface area contributed by atoms with Crippen LogP contribution in [0.2, 0.25) is 0 Å². The minimum atomic E-state index is -2.48. The molecule has 9 heteroatoms. The van der Waals surface area contributed by atoms with Gasteiger partial charge in [0.15, 0.2) is 0 Å². The van der Waals surface area contributed by atoms with E-state index in [9.17, 15) is 18.4 Å². The lowest BCUT2D eigenvalue weighted by atomic mass is 9.78. The number of nitrogens with one attached hydrogen (secondary N) is 1. The Labute approximate surface area is 172 Å². The fourth-order valence-electron chi connectivity index (χ4n) is 3.59.